The average molecular weight is 420 g/mol. The van der Waals surface area contributed by atoms with Crippen LogP contribution >= 0.6 is 11.6 Å². The first-order valence-electron chi connectivity index (χ1n) is 10.2. The number of hydrogen-bond donors (Lipinski definition) is 0. The number of hydrogen-bond acceptors (Lipinski definition) is 4. The molecule has 0 bridgehead atoms. The molecule has 1 saturated heterocycles. The lowest BCUT2D eigenvalue weighted by atomic mass is 9.99. The largest absolute Gasteiger partial charge is 0.458 e. The second-order valence-corrected chi connectivity index (χ2v) is 8.32. The normalized spacial score (nSPS) is 18.1. The van der Waals surface area contributed by atoms with Crippen LogP contribution in [0.2, 0.25) is 5.02 Å². The van der Waals surface area contributed by atoms with Gasteiger partial charge in [0.1, 0.15) is 12.5 Å². The molecule has 4 nitrogen and oxygen atoms in total. The van der Waals surface area contributed by atoms with Gasteiger partial charge in [0.05, 0.1) is 0 Å². The molecule has 152 valence electrons. The third-order valence-corrected chi connectivity index (χ3v) is 6.15. The SMILES string of the molecule is O=C(CCN1CCC(c2cccc(Cl)c2)C1)c1ccc2cc3c(cc2c1)OC=CO3. The van der Waals surface area contributed by atoms with Crippen molar-refractivity contribution in [3.63, 3.8) is 0 Å². The molecule has 0 N–H and O–H groups in total. The summed E-state index contributed by atoms with van der Waals surface area (Å²) < 4.78 is 11.0. The van der Waals surface area contributed by atoms with E-state index in [0.717, 1.165) is 47.4 Å². The second-order valence-electron chi connectivity index (χ2n) is 7.88. The molecule has 5 heteroatoms. The molecule has 0 aromatic heterocycles. The van der Waals surface area contributed by atoms with E-state index in [1.54, 1.807) is 0 Å². The molecule has 0 radical (unpaired) electrons. The third kappa shape index (κ3) is 3.93. The fraction of sp³-hybridized carbons (Fsp3) is 0.240. The molecule has 0 spiro atoms. The van der Waals surface area contributed by atoms with Crippen LogP contribution < -0.4 is 9.47 Å². The maximum Gasteiger partial charge on any atom is 0.169 e. The Balaban J connectivity index is 1.23. The number of Topliss-reactive ketones (excluding diaryl/α,β-unsaturated/α-hetero) is 1. The van der Waals surface area contributed by atoms with Crippen molar-refractivity contribution >= 4 is 28.2 Å². The Kier molecular flexibility index (Phi) is 5.19. The van der Waals surface area contributed by atoms with Gasteiger partial charge in [0, 0.05) is 30.1 Å². The third-order valence-electron chi connectivity index (χ3n) is 5.92. The highest BCUT2D eigenvalue weighted by Gasteiger charge is 2.24. The molecule has 2 heterocycles. The molecule has 0 saturated carbocycles. The molecule has 1 fully saturated rings. The van der Waals surface area contributed by atoms with E-state index < -0.39 is 0 Å². The van der Waals surface area contributed by atoms with Crippen LogP contribution in [0.4, 0.5) is 0 Å². The fourth-order valence-electron chi connectivity index (χ4n) is 4.29. The van der Waals surface area contributed by atoms with Crippen LogP contribution in [0, 0.1) is 0 Å². The number of rotatable bonds is 5. The Labute approximate surface area is 180 Å². The van der Waals surface area contributed by atoms with Crippen LogP contribution in [-0.4, -0.2) is 30.3 Å². The van der Waals surface area contributed by atoms with E-state index in [1.807, 2.05) is 42.5 Å². The number of ether oxygens (including phenoxy) is 2. The number of likely N-dealkylation sites (tertiary alicyclic amines) is 1. The zero-order valence-corrected chi connectivity index (χ0v) is 17.3. The minimum Gasteiger partial charge on any atom is -0.458 e. The van der Waals surface area contributed by atoms with Gasteiger partial charge in [-0.05, 0) is 65.6 Å². The van der Waals surface area contributed by atoms with Gasteiger partial charge >= 0.3 is 0 Å². The van der Waals surface area contributed by atoms with Gasteiger partial charge in [-0.25, -0.2) is 0 Å². The summed E-state index contributed by atoms with van der Waals surface area (Å²) in [6, 6.07) is 17.8. The smallest absolute Gasteiger partial charge is 0.169 e. The highest BCUT2D eigenvalue weighted by molar-refractivity contribution is 6.30. The van der Waals surface area contributed by atoms with Crippen molar-refractivity contribution in [1.82, 2.24) is 4.90 Å². The van der Waals surface area contributed by atoms with Crippen molar-refractivity contribution < 1.29 is 14.3 Å². The molecule has 3 aromatic rings. The zero-order valence-electron chi connectivity index (χ0n) is 16.5. The Bertz CT molecular complexity index is 1140. The summed E-state index contributed by atoms with van der Waals surface area (Å²) in [6.45, 7) is 2.77. The van der Waals surface area contributed by atoms with Crippen molar-refractivity contribution in [2.24, 2.45) is 0 Å². The molecule has 2 aliphatic rings. The van der Waals surface area contributed by atoms with Gasteiger partial charge in [-0.1, -0.05) is 35.9 Å². The number of halogens is 1. The summed E-state index contributed by atoms with van der Waals surface area (Å²) in [5.41, 5.74) is 2.02. The van der Waals surface area contributed by atoms with E-state index >= 15 is 0 Å². The van der Waals surface area contributed by atoms with Crippen molar-refractivity contribution in [1.29, 1.82) is 0 Å². The van der Waals surface area contributed by atoms with Crippen LogP contribution in [0.3, 0.4) is 0 Å². The monoisotopic (exact) mass is 419 g/mol. The fourth-order valence-corrected chi connectivity index (χ4v) is 4.49. The summed E-state index contributed by atoms with van der Waals surface area (Å²) >= 11 is 6.13. The maximum atomic E-state index is 12.8. The van der Waals surface area contributed by atoms with Crippen LogP contribution in [0.25, 0.3) is 10.8 Å². The molecule has 1 unspecified atom stereocenters. The second kappa shape index (κ2) is 8.13. The molecule has 30 heavy (non-hydrogen) atoms. The Morgan fingerprint density at radius 3 is 2.60 bits per heavy atom. The van der Waals surface area contributed by atoms with Gasteiger partial charge in [0.15, 0.2) is 17.3 Å². The van der Waals surface area contributed by atoms with Gasteiger partial charge in [-0.15, -0.1) is 0 Å². The van der Waals surface area contributed by atoms with Gasteiger partial charge in [-0.2, -0.15) is 0 Å². The molecular formula is C25H22ClNO3. The van der Waals surface area contributed by atoms with Gasteiger partial charge in [-0.3, -0.25) is 4.79 Å². The lowest BCUT2D eigenvalue weighted by Gasteiger charge is -2.16. The first kappa shape index (κ1) is 19.2. The molecule has 2 aliphatic heterocycles. The van der Waals surface area contributed by atoms with Crippen molar-refractivity contribution in [3.05, 3.63) is 83.3 Å². The number of carbonyl (C=O) groups is 1. The number of nitrogens with zero attached hydrogens (tertiary/aromatic N) is 1. The minimum absolute atomic E-state index is 0.165. The summed E-state index contributed by atoms with van der Waals surface area (Å²) in [5, 5.41) is 2.78. The van der Waals surface area contributed by atoms with E-state index in [2.05, 4.69) is 17.0 Å². The Morgan fingerprint density at radius 2 is 1.80 bits per heavy atom. The average Bonchev–Trinajstić information content (AvgIpc) is 3.25. The number of benzene rings is 3. The summed E-state index contributed by atoms with van der Waals surface area (Å²) in [7, 11) is 0. The molecule has 0 amide bonds. The van der Waals surface area contributed by atoms with E-state index in [0.29, 0.717) is 23.8 Å². The van der Waals surface area contributed by atoms with E-state index in [-0.39, 0.29) is 5.78 Å². The Morgan fingerprint density at radius 1 is 1.00 bits per heavy atom. The number of ketones is 1. The van der Waals surface area contributed by atoms with Crippen LogP contribution in [0.1, 0.15) is 34.7 Å². The topological polar surface area (TPSA) is 38.8 Å². The van der Waals surface area contributed by atoms with Crippen LogP contribution in [0.15, 0.2) is 67.1 Å². The molecule has 1 atom stereocenters. The van der Waals surface area contributed by atoms with Gasteiger partial charge in [0.2, 0.25) is 0 Å². The van der Waals surface area contributed by atoms with Crippen LogP contribution in [-0.2, 0) is 0 Å². The minimum atomic E-state index is 0.165. The maximum absolute atomic E-state index is 12.8. The summed E-state index contributed by atoms with van der Waals surface area (Å²) in [5.74, 6) is 2.01. The first-order valence-corrected chi connectivity index (χ1v) is 10.6. The van der Waals surface area contributed by atoms with Gasteiger partial charge < -0.3 is 14.4 Å². The standard InChI is InChI=1S/C25H22ClNO3/c26-22-3-1-2-17(13-22)20-6-8-27(16-20)9-7-23(28)19-5-4-18-14-24-25(15-21(18)12-19)30-11-10-29-24/h1-5,10-15,20H,6-9,16H2. The first-order chi connectivity index (χ1) is 14.7. The quantitative estimate of drug-likeness (QED) is 0.490. The number of fused-ring (bicyclic) bond motifs is 2. The molecule has 0 aliphatic carbocycles. The van der Waals surface area contributed by atoms with E-state index in [4.69, 9.17) is 21.1 Å². The highest BCUT2D eigenvalue weighted by atomic mass is 35.5. The predicted molar refractivity (Wildman–Crippen MR) is 119 cm³/mol. The Hall–Kier alpha value is -2.82. The van der Waals surface area contributed by atoms with E-state index in [1.165, 1.54) is 18.1 Å². The summed E-state index contributed by atoms with van der Waals surface area (Å²) in [6.07, 6.45) is 4.64. The van der Waals surface area contributed by atoms with Crippen molar-refractivity contribution in [2.45, 2.75) is 18.8 Å². The highest BCUT2D eigenvalue weighted by Crippen LogP contribution is 2.35. The lowest BCUT2D eigenvalue weighted by molar-refractivity contribution is 0.0969. The number of carbonyl (C=O) groups excluding carboxylic acids is 1. The predicted octanol–water partition coefficient (Wildman–Crippen LogP) is 5.80. The van der Waals surface area contributed by atoms with Crippen molar-refractivity contribution in [3.8, 4) is 11.5 Å². The van der Waals surface area contributed by atoms with Gasteiger partial charge in [0.25, 0.3) is 0 Å². The summed E-state index contributed by atoms with van der Waals surface area (Å²) in [4.78, 5) is 15.2. The molecular weight excluding hydrogens is 398 g/mol. The molecule has 3 aromatic carbocycles. The molecule has 5 rings (SSSR count). The van der Waals surface area contributed by atoms with Crippen molar-refractivity contribution in [2.75, 3.05) is 19.6 Å². The van der Waals surface area contributed by atoms with E-state index in [9.17, 15) is 4.79 Å². The lowest BCUT2D eigenvalue weighted by Crippen LogP contribution is -2.23. The van der Waals surface area contributed by atoms with Crippen LogP contribution in [0.5, 0.6) is 11.5 Å². The zero-order chi connectivity index (χ0) is 20.5.